The van der Waals surface area contributed by atoms with Crippen LogP contribution in [0.3, 0.4) is 0 Å². The van der Waals surface area contributed by atoms with E-state index in [0.29, 0.717) is 17.0 Å². The maximum absolute atomic E-state index is 12.3. The van der Waals surface area contributed by atoms with Crippen molar-refractivity contribution in [3.8, 4) is 28.3 Å². The highest BCUT2D eigenvalue weighted by atomic mass is 16.5. The molecule has 0 aliphatic carbocycles. The third-order valence-electron chi connectivity index (χ3n) is 4.28. The topological polar surface area (TPSA) is 65.7 Å². The molecule has 4 aromatic rings. The molecule has 0 fully saturated rings. The molecule has 2 aromatic heterocycles. The number of benzene rings is 2. The van der Waals surface area contributed by atoms with Gasteiger partial charge in [0.2, 0.25) is 0 Å². The summed E-state index contributed by atoms with van der Waals surface area (Å²) < 4.78 is 11.7. The van der Waals surface area contributed by atoms with Gasteiger partial charge in [-0.1, -0.05) is 30.3 Å². The predicted molar refractivity (Wildman–Crippen MR) is 102 cm³/mol. The van der Waals surface area contributed by atoms with E-state index < -0.39 is 5.97 Å². The number of hydrogen-bond donors (Lipinski definition) is 0. The summed E-state index contributed by atoms with van der Waals surface area (Å²) in [5, 5.41) is 4.55. The normalized spacial score (nSPS) is 10.7. The van der Waals surface area contributed by atoms with Crippen molar-refractivity contribution in [3.63, 3.8) is 0 Å². The molecule has 6 heteroatoms. The van der Waals surface area contributed by atoms with Gasteiger partial charge < -0.3 is 9.47 Å². The van der Waals surface area contributed by atoms with Crippen molar-refractivity contribution >= 4 is 11.6 Å². The van der Waals surface area contributed by atoms with Gasteiger partial charge in [0.1, 0.15) is 5.75 Å². The largest absolute Gasteiger partial charge is 0.497 e. The summed E-state index contributed by atoms with van der Waals surface area (Å²) in [5.74, 6) is 0.281. The zero-order valence-corrected chi connectivity index (χ0v) is 14.9. The average Bonchev–Trinajstić information content (AvgIpc) is 3.17. The molecular weight excluding hydrogens is 342 g/mol. The fraction of sp³-hybridized carbons (Fsp3) is 0.0952. The van der Waals surface area contributed by atoms with Crippen molar-refractivity contribution in [2.45, 2.75) is 0 Å². The zero-order valence-electron chi connectivity index (χ0n) is 14.9. The summed E-state index contributed by atoms with van der Waals surface area (Å²) in [6.07, 6.45) is 0. The molecule has 0 radical (unpaired) electrons. The lowest BCUT2D eigenvalue weighted by Crippen LogP contribution is -2.10. The second-order valence-electron chi connectivity index (χ2n) is 5.91. The van der Waals surface area contributed by atoms with Crippen LogP contribution in [0.15, 0.2) is 66.7 Å². The Morgan fingerprint density at radius 3 is 2.26 bits per heavy atom. The number of methoxy groups -OCH3 is 2. The number of hydrogen-bond acceptors (Lipinski definition) is 5. The van der Waals surface area contributed by atoms with Crippen molar-refractivity contribution in [1.82, 2.24) is 14.6 Å². The van der Waals surface area contributed by atoms with E-state index >= 15 is 0 Å². The first kappa shape index (κ1) is 16.8. The van der Waals surface area contributed by atoms with E-state index in [-0.39, 0.29) is 0 Å². The van der Waals surface area contributed by atoms with Gasteiger partial charge in [0, 0.05) is 17.2 Å². The Hall–Kier alpha value is -3.67. The van der Waals surface area contributed by atoms with Crippen LogP contribution in [-0.4, -0.2) is 34.8 Å². The lowest BCUT2D eigenvalue weighted by Gasteiger charge is -2.07. The first-order valence-electron chi connectivity index (χ1n) is 8.38. The van der Waals surface area contributed by atoms with Gasteiger partial charge in [-0.25, -0.2) is 14.3 Å². The molecule has 0 N–H and O–H groups in total. The Balaban J connectivity index is 1.89. The van der Waals surface area contributed by atoms with E-state index in [9.17, 15) is 4.79 Å². The van der Waals surface area contributed by atoms with Crippen molar-refractivity contribution in [1.29, 1.82) is 0 Å². The number of carbonyl (C=O) groups excluding carboxylic acids is 1. The molecule has 2 aromatic carbocycles. The van der Waals surface area contributed by atoms with Gasteiger partial charge in [-0.05, 0) is 30.3 Å². The Labute approximate surface area is 156 Å². The van der Waals surface area contributed by atoms with Gasteiger partial charge >= 0.3 is 5.97 Å². The molecular formula is C21H17N3O3. The van der Waals surface area contributed by atoms with Gasteiger partial charge in [0.15, 0.2) is 11.3 Å². The number of carbonyl (C=O) groups is 1. The summed E-state index contributed by atoms with van der Waals surface area (Å²) in [6, 6.07) is 20.8. The number of fused-ring (bicyclic) bond motifs is 1. The fourth-order valence-corrected chi connectivity index (χ4v) is 2.88. The number of aromatic nitrogens is 3. The van der Waals surface area contributed by atoms with Crippen molar-refractivity contribution in [3.05, 3.63) is 72.4 Å². The van der Waals surface area contributed by atoms with Crippen LogP contribution in [0.5, 0.6) is 5.75 Å². The van der Waals surface area contributed by atoms with Crippen molar-refractivity contribution < 1.29 is 14.3 Å². The van der Waals surface area contributed by atoms with E-state index in [0.717, 1.165) is 22.6 Å². The quantitative estimate of drug-likeness (QED) is 0.518. The molecule has 2 heterocycles. The molecule has 0 saturated heterocycles. The van der Waals surface area contributed by atoms with Gasteiger partial charge in [-0.2, -0.15) is 5.10 Å². The monoisotopic (exact) mass is 359 g/mol. The van der Waals surface area contributed by atoms with Gasteiger partial charge in [0.25, 0.3) is 0 Å². The fourth-order valence-electron chi connectivity index (χ4n) is 2.88. The van der Waals surface area contributed by atoms with E-state index in [1.807, 2.05) is 60.7 Å². The average molecular weight is 359 g/mol. The maximum atomic E-state index is 12.3. The van der Waals surface area contributed by atoms with Crippen LogP contribution in [0.4, 0.5) is 0 Å². The minimum atomic E-state index is -0.472. The summed E-state index contributed by atoms with van der Waals surface area (Å²) >= 11 is 0. The molecule has 4 rings (SSSR count). The van der Waals surface area contributed by atoms with Crippen LogP contribution in [0.1, 0.15) is 10.5 Å². The molecule has 27 heavy (non-hydrogen) atoms. The first-order valence-corrected chi connectivity index (χ1v) is 8.38. The zero-order chi connectivity index (χ0) is 18.8. The van der Waals surface area contributed by atoms with Crippen LogP contribution in [-0.2, 0) is 4.74 Å². The second-order valence-corrected chi connectivity index (χ2v) is 5.91. The van der Waals surface area contributed by atoms with E-state index in [1.165, 1.54) is 11.6 Å². The highest BCUT2D eigenvalue weighted by Crippen LogP contribution is 2.25. The summed E-state index contributed by atoms with van der Waals surface area (Å²) in [5.41, 5.74) is 4.10. The Kier molecular flexibility index (Phi) is 4.30. The van der Waals surface area contributed by atoms with Gasteiger partial charge in [-0.15, -0.1) is 0 Å². The molecule has 0 amide bonds. The predicted octanol–water partition coefficient (Wildman–Crippen LogP) is 3.86. The Morgan fingerprint density at radius 1 is 0.889 bits per heavy atom. The van der Waals surface area contributed by atoms with Crippen LogP contribution >= 0.6 is 0 Å². The molecule has 0 saturated carbocycles. The number of esters is 1. The van der Waals surface area contributed by atoms with Crippen LogP contribution in [0, 0.1) is 0 Å². The Morgan fingerprint density at radius 2 is 1.59 bits per heavy atom. The van der Waals surface area contributed by atoms with Gasteiger partial charge in [0.05, 0.1) is 25.6 Å². The SMILES string of the molecule is COC(=O)c1cc(-c2ccc(OC)cc2)nc2cc(-c3ccccc3)nn12. The van der Waals surface area contributed by atoms with Crippen molar-refractivity contribution in [2.24, 2.45) is 0 Å². The molecule has 6 nitrogen and oxygen atoms in total. The smallest absolute Gasteiger partial charge is 0.356 e. The number of rotatable bonds is 4. The molecule has 0 bridgehead atoms. The molecule has 0 unspecified atom stereocenters. The molecule has 0 aliphatic heterocycles. The highest BCUT2D eigenvalue weighted by molar-refractivity contribution is 5.90. The third kappa shape index (κ3) is 3.13. The van der Waals surface area contributed by atoms with Gasteiger partial charge in [-0.3, -0.25) is 0 Å². The standard InChI is InChI=1S/C21H17N3O3/c1-26-16-10-8-15(9-11-16)17-12-19(21(25)27-2)24-20(22-17)13-18(23-24)14-6-4-3-5-7-14/h3-13H,1-2H3. The van der Waals surface area contributed by atoms with Crippen molar-refractivity contribution in [2.75, 3.05) is 14.2 Å². The summed E-state index contributed by atoms with van der Waals surface area (Å²) in [6.45, 7) is 0. The first-order chi connectivity index (χ1) is 13.2. The minimum absolute atomic E-state index is 0.315. The number of nitrogens with zero attached hydrogens (tertiary/aromatic N) is 3. The third-order valence-corrected chi connectivity index (χ3v) is 4.28. The number of ether oxygens (including phenoxy) is 2. The minimum Gasteiger partial charge on any atom is -0.497 e. The van der Waals surface area contributed by atoms with E-state index in [1.54, 1.807) is 13.2 Å². The summed E-state index contributed by atoms with van der Waals surface area (Å²) in [4.78, 5) is 17.0. The summed E-state index contributed by atoms with van der Waals surface area (Å²) in [7, 11) is 2.97. The lowest BCUT2D eigenvalue weighted by molar-refractivity contribution is 0.0590. The van der Waals surface area contributed by atoms with Crippen LogP contribution in [0.25, 0.3) is 28.2 Å². The lowest BCUT2D eigenvalue weighted by atomic mass is 10.1. The molecule has 0 aliphatic rings. The molecule has 0 spiro atoms. The Bertz CT molecular complexity index is 1100. The maximum Gasteiger partial charge on any atom is 0.356 e. The second kappa shape index (κ2) is 6.92. The van der Waals surface area contributed by atoms with Crippen LogP contribution < -0.4 is 4.74 Å². The van der Waals surface area contributed by atoms with E-state index in [2.05, 4.69) is 10.1 Å². The molecule has 134 valence electrons. The molecule has 0 atom stereocenters. The van der Waals surface area contributed by atoms with Crippen LogP contribution in [0.2, 0.25) is 0 Å². The van der Waals surface area contributed by atoms with E-state index in [4.69, 9.17) is 9.47 Å². The highest BCUT2D eigenvalue weighted by Gasteiger charge is 2.17.